The summed E-state index contributed by atoms with van der Waals surface area (Å²) < 4.78 is 5.19. The number of nitrogens with zero attached hydrogens (tertiary/aromatic N) is 1. The molecule has 3 amide bonds. The maximum Gasteiger partial charge on any atom is 0.324 e. The van der Waals surface area contributed by atoms with Crippen LogP contribution < -0.4 is 5.32 Å². The van der Waals surface area contributed by atoms with Crippen LogP contribution in [-0.4, -0.2) is 54.2 Å². The van der Waals surface area contributed by atoms with Crippen LogP contribution in [0.3, 0.4) is 0 Å². The molecule has 19 heavy (non-hydrogen) atoms. The van der Waals surface area contributed by atoms with Gasteiger partial charge in [-0.1, -0.05) is 0 Å². The molecule has 1 saturated heterocycles. The van der Waals surface area contributed by atoms with Crippen LogP contribution in [-0.2, 0) is 14.3 Å². The second-order valence-corrected chi connectivity index (χ2v) is 4.52. The molecule has 0 aromatic carbocycles. The van der Waals surface area contributed by atoms with Gasteiger partial charge in [-0.25, -0.2) is 4.79 Å². The van der Waals surface area contributed by atoms with Crippen LogP contribution in [0.15, 0.2) is 0 Å². The Morgan fingerprint density at radius 1 is 1.26 bits per heavy atom. The molecule has 7 heteroatoms. The summed E-state index contributed by atoms with van der Waals surface area (Å²) in [5.74, 6) is -1.37. The van der Waals surface area contributed by atoms with Gasteiger partial charge in [0.15, 0.2) is 0 Å². The number of carbonyl (C=O) groups is 3. The Morgan fingerprint density at radius 2 is 1.89 bits per heavy atom. The highest BCUT2D eigenvalue weighted by atomic mass is 16.5. The van der Waals surface area contributed by atoms with E-state index in [2.05, 4.69) is 5.32 Å². The first-order chi connectivity index (χ1) is 9.02. The quantitative estimate of drug-likeness (QED) is 0.763. The van der Waals surface area contributed by atoms with E-state index in [0.717, 1.165) is 12.8 Å². The number of methoxy groups -OCH3 is 1. The van der Waals surface area contributed by atoms with E-state index in [0.29, 0.717) is 13.1 Å². The van der Waals surface area contributed by atoms with Crippen LogP contribution in [0.1, 0.15) is 32.1 Å². The highest BCUT2D eigenvalue weighted by Gasteiger charge is 2.23. The van der Waals surface area contributed by atoms with Gasteiger partial charge in [0.2, 0.25) is 5.91 Å². The van der Waals surface area contributed by atoms with Crippen LogP contribution in [0, 0.1) is 0 Å². The SMILES string of the molecule is COC1CCN(C(=O)NC(=O)CCCC(=O)O)CC1. The van der Waals surface area contributed by atoms with Crippen molar-refractivity contribution in [2.45, 2.75) is 38.2 Å². The Morgan fingerprint density at radius 3 is 2.42 bits per heavy atom. The molecule has 7 nitrogen and oxygen atoms in total. The summed E-state index contributed by atoms with van der Waals surface area (Å²) in [4.78, 5) is 35.0. The number of amides is 3. The number of carboxylic acids is 1. The number of rotatable bonds is 5. The van der Waals surface area contributed by atoms with Gasteiger partial charge in [0.05, 0.1) is 6.10 Å². The predicted octanol–water partition coefficient (Wildman–Crippen LogP) is 0.588. The van der Waals surface area contributed by atoms with Crippen molar-refractivity contribution >= 4 is 17.9 Å². The Bertz CT molecular complexity index is 337. The lowest BCUT2D eigenvalue weighted by molar-refractivity contribution is -0.137. The third-order valence-corrected chi connectivity index (χ3v) is 3.10. The van der Waals surface area contributed by atoms with Crippen molar-refractivity contribution in [3.05, 3.63) is 0 Å². The lowest BCUT2D eigenvalue weighted by Crippen LogP contribution is -2.47. The van der Waals surface area contributed by atoms with E-state index in [1.165, 1.54) is 0 Å². The fourth-order valence-corrected chi connectivity index (χ4v) is 1.96. The number of aliphatic carboxylic acids is 1. The van der Waals surface area contributed by atoms with Crippen LogP contribution >= 0.6 is 0 Å². The smallest absolute Gasteiger partial charge is 0.324 e. The molecule has 0 bridgehead atoms. The molecule has 108 valence electrons. The van der Waals surface area contributed by atoms with Gasteiger partial charge in [-0.05, 0) is 19.3 Å². The van der Waals surface area contributed by atoms with Crippen molar-refractivity contribution in [1.82, 2.24) is 10.2 Å². The first-order valence-corrected chi connectivity index (χ1v) is 6.36. The number of hydrogen-bond acceptors (Lipinski definition) is 4. The molecule has 1 aliphatic rings. The standard InChI is InChI=1S/C12H20N2O5/c1-19-9-5-7-14(8-6-9)12(18)13-10(15)3-2-4-11(16)17/h9H,2-8H2,1H3,(H,16,17)(H,13,15,18). The molecule has 1 heterocycles. The zero-order valence-electron chi connectivity index (χ0n) is 11.1. The number of hydrogen-bond donors (Lipinski definition) is 2. The molecule has 0 aromatic heterocycles. The van der Waals surface area contributed by atoms with Gasteiger partial charge < -0.3 is 14.7 Å². The predicted molar refractivity (Wildman–Crippen MR) is 66.6 cm³/mol. The van der Waals surface area contributed by atoms with E-state index in [9.17, 15) is 14.4 Å². The second-order valence-electron chi connectivity index (χ2n) is 4.52. The fourth-order valence-electron chi connectivity index (χ4n) is 1.96. The highest BCUT2D eigenvalue weighted by Crippen LogP contribution is 2.12. The highest BCUT2D eigenvalue weighted by molar-refractivity contribution is 5.94. The average molecular weight is 272 g/mol. The van der Waals surface area contributed by atoms with E-state index < -0.39 is 17.9 Å². The van der Waals surface area contributed by atoms with Gasteiger partial charge in [0.1, 0.15) is 0 Å². The minimum Gasteiger partial charge on any atom is -0.481 e. The summed E-state index contributed by atoms with van der Waals surface area (Å²) in [6, 6.07) is -0.408. The van der Waals surface area contributed by atoms with E-state index in [1.54, 1.807) is 12.0 Å². The van der Waals surface area contributed by atoms with Crippen molar-refractivity contribution in [1.29, 1.82) is 0 Å². The topological polar surface area (TPSA) is 95.9 Å². The summed E-state index contributed by atoms with van der Waals surface area (Å²) in [6.45, 7) is 1.12. The fraction of sp³-hybridized carbons (Fsp3) is 0.750. The number of imide groups is 1. The van der Waals surface area contributed by atoms with Gasteiger partial charge in [0, 0.05) is 33.0 Å². The third-order valence-electron chi connectivity index (χ3n) is 3.10. The van der Waals surface area contributed by atoms with E-state index >= 15 is 0 Å². The summed E-state index contributed by atoms with van der Waals surface area (Å²) in [5.41, 5.74) is 0. The molecular weight excluding hydrogens is 252 g/mol. The van der Waals surface area contributed by atoms with Crippen molar-refractivity contribution in [3.63, 3.8) is 0 Å². The summed E-state index contributed by atoms with van der Waals surface area (Å²) in [5, 5.41) is 10.7. The number of ether oxygens (including phenoxy) is 1. The van der Waals surface area contributed by atoms with Crippen molar-refractivity contribution in [3.8, 4) is 0 Å². The Labute approximate surface area is 111 Å². The number of carboxylic acid groups (broad SMARTS) is 1. The molecule has 1 rings (SSSR count). The Balaban J connectivity index is 2.23. The summed E-state index contributed by atoms with van der Waals surface area (Å²) >= 11 is 0. The lowest BCUT2D eigenvalue weighted by Gasteiger charge is -2.30. The first-order valence-electron chi connectivity index (χ1n) is 6.36. The Kier molecular flexibility index (Phi) is 6.27. The van der Waals surface area contributed by atoms with Gasteiger partial charge in [-0.2, -0.15) is 0 Å². The van der Waals surface area contributed by atoms with E-state index in [4.69, 9.17) is 9.84 Å². The molecule has 0 aromatic rings. The zero-order valence-corrected chi connectivity index (χ0v) is 11.1. The van der Waals surface area contributed by atoms with E-state index in [1.807, 2.05) is 0 Å². The molecule has 0 atom stereocenters. The average Bonchev–Trinajstić information content (AvgIpc) is 2.38. The van der Waals surface area contributed by atoms with Crippen molar-refractivity contribution < 1.29 is 24.2 Å². The summed E-state index contributed by atoms with van der Waals surface area (Å²) in [6.07, 6.45) is 1.91. The molecule has 0 spiro atoms. The molecule has 0 saturated carbocycles. The van der Waals surface area contributed by atoms with Crippen LogP contribution in [0.5, 0.6) is 0 Å². The summed E-state index contributed by atoms with van der Waals surface area (Å²) in [7, 11) is 1.65. The number of nitrogens with one attached hydrogen (secondary N) is 1. The minimum absolute atomic E-state index is 0.0482. The van der Waals surface area contributed by atoms with Crippen LogP contribution in [0.25, 0.3) is 0 Å². The molecule has 0 radical (unpaired) electrons. The van der Waals surface area contributed by atoms with Gasteiger partial charge >= 0.3 is 12.0 Å². The molecular formula is C12H20N2O5. The van der Waals surface area contributed by atoms with E-state index in [-0.39, 0.29) is 25.4 Å². The maximum atomic E-state index is 11.7. The number of urea groups is 1. The number of carbonyl (C=O) groups excluding carboxylic acids is 2. The minimum atomic E-state index is -0.944. The monoisotopic (exact) mass is 272 g/mol. The van der Waals surface area contributed by atoms with Gasteiger partial charge in [-0.15, -0.1) is 0 Å². The van der Waals surface area contributed by atoms with Crippen molar-refractivity contribution in [2.75, 3.05) is 20.2 Å². The molecule has 0 aliphatic carbocycles. The first kappa shape index (κ1) is 15.4. The van der Waals surface area contributed by atoms with Gasteiger partial charge in [-0.3, -0.25) is 14.9 Å². The van der Waals surface area contributed by atoms with Gasteiger partial charge in [0.25, 0.3) is 0 Å². The zero-order chi connectivity index (χ0) is 14.3. The number of likely N-dealkylation sites (tertiary alicyclic amines) is 1. The second kappa shape index (κ2) is 7.73. The van der Waals surface area contributed by atoms with Crippen LogP contribution in [0.4, 0.5) is 4.79 Å². The largest absolute Gasteiger partial charge is 0.481 e. The normalized spacial score (nSPS) is 16.2. The Hall–Kier alpha value is -1.63. The maximum absolute atomic E-state index is 11.7. The lowest BCUT2D eigenvalue weighted by atomic mass is 10.1. The molecule has 1 fully saturated rings. The molecule has 2 N–H and O–H groups in total. The number of piperidine rings is 1. The van der Waals surface area contributed by atoms with Crippen LogP contribution in [0.2, 0.25) is 0 Å². The third kappa shape index (κ3) is 5.69. The van der Waals surface area contributed by atoms with Crippen molar-refractivity contribution in [2.24, 2.45) is 0 Å². The molecule has 0 unspecified atom stereocenters. The molecule has 1 aliphatic heterocycles.